The molecule has 184 valence electrons. The number of hydrogen-bond acceptors (Lipinski definition) is 6. The van der Waals surface area contributed by atoms with Crippen LogP contribution in [-0.4, -0.2) is 26.3 Å². The molecule has 1 heterocycles. The number of nitrogens with one attached hydrogen (secondary N) is 1. The normalized spacial score (nSPS) is 15.3. The van der Waals surface area contributed by atoms with Gasteiger partial charge in [-0.25, -0.2) is 9.69 Å². The Hall–Kier alpha value is -3.66. The van der Waals surface area contributed by atoms with E-state index < -0.39 is 33.5 Å². The fourth-order valence-electron chi connectivity index (χ4n) is 3.43. The van der Waals surface area contributed by atoms with E-state index in [0.29, 0.717) is 0 Å². The maximum atomic E-state index is 13.3. The summed E-state index contributed by atoms with van der Waals surface area (Å²) in [6.45, 7) is 3.69. The molecular formula is C25H18Cl2N2O6S. The van der Waals surface area contributed by atoms with Gasteiger partial charge in [0.1, 0.15) is 10.5 Å². The van der Waals surface area contributed by atoms with Crippen LogP contribution in [0.2, 0.25) is 10.0 Å². The molecule has 36 heavy (non-hydrogen) atoms. The number of carbonyl (C=O) groups is 3. The largest absolute Gasteiger partial charge is 0.377 e. The number of hydrogen-bond donors (Lipinski definition) is 1. The maximum absolute atomic E-state index is 13.3. The van der Waals surface area contributed by atoms with Gasteiger partial charge in [0, 0.05) is 10.6 Å². The molecule has 0 aromatic heterocycles. The molecule has 0 radical (unpaired) electrons. The van der Waals surface area contributed by atoms with Crippen molar-refractivity contribution in [3.8, 4) is 5.75 Å². The minimum Gasteiger partial charge on any atom is -0.377 e. The number of aryl methyl sites for hydroxylation is 2. The van der Waals surface area contributed by atoms with Gasteiger partial charge in [0.25, 0.3) is 11.8 Å². The van der Waals surface area contributed by atoms with Gasteiger partial charge in [-0.15, -0.1) is 0 Å². The first-order valence-electron chi connectivity index (χ1n) is 10.5. The van der Waals surface area contributed by atoms with Gasteiger partial charge < -0.3 is 4.18 Å². The van der Waals surface area contributed by atoms with Crippen LogP contribution in [0.3, 0.4) is 0 Å². The topological polar surface area (TPSA) is 110 Å². The quantitative estimate of drug-likeness (QED) is 0.273. The third-order valence-corrected chi connectivity index (χ3v) is 7.15. The van der Waals surface area contributed by atoms with Crippen LogP contribution in [0, 0.1) is 13.8 Å². The van der Waals surface area contributed by atoms with Crippen molar-refractivity contribution in [1.29, 1.82) is 0 Å². The Balaban J connectivity index is 1.80. The number of imide groups is 2. The summed E-state index contributed by atoms with van der Waals surface area (Å²) in [4.78, 5) is 39.1. The zero-order valence-electron chi connectivity index (χ0n) is 18.9. The Morgan fingerprint density at radius 2 is 1.61 bits per heavy atom. The lowest BCUT2D eigenvalue weighted by Crippen LogP contribution is -2.54. The molecule has 0 saturated carbocycles. The van der Waals surface area contributed by atoms with E-state index in [1.807, 2.05) is 13.8 Å². The molecule has 1 saturated heterocycles. The summed E-state index contributed by atoms with van der Waals surface area (Å²) >= 11 is 12.4. The second-order valence-electron chi connectivity index (χ2n) is 7.88. The van der Waals surface area contributed by atoms with E-state index in [2.05, 4.69) is 5.32 Å². The molecule has 4 rings (SSSR count). The lowest BCUT2D eigenvalue weighted by Gasteiger charge is -2.27. The van der Waals surface area contributed by atoms with Gasteiger partial charge in [-0.3, -0.25) is 14.9 Å². The third kappa shape index (κ3) is 4.99. The second kappa shape index (κ2) is 9.77. The van der Waals surface area contributed by atoms with Crippen LogP contribution in [-0.2, 0) is 19.7 Å². The molecule has 0 bridgehead atoms. The number of barbiturate groups is 1. The molecule has 1 aliphatic rings. The Bertz CT molecular complexity index is 1550. The number of urea groups is 1. The van der Waals surface area contributed by atoms with Gasteiger partial charge in [0.2, 0.25) is 0 Å². The summed E-state index contributed by atoms with van der Waals surface area (Å²) in [6.07, 6.45) is 1.08. The monoisotopic (exact) mass is 544 g/mol. The van der Waals surface area contributed by atoms with Crippen molar-refractivity contribution in [2.75, 3.05) is 4.90 Å². The number of anilines is 1. The van der Waals surface area contributed by atoms with Crippen LogP contribution >= 0.6 is 23.2 Å². The van der Waals surface area contributed by atoms with Gasteiger partial charge in [-0.05, 0) is 67.4 Å². The van der Waals surface area contributed by atoms with Crippen molar-refractivity contribution in [2.45, 2.75) is 18.7 Å². The number of rotatable bonds is 5. The first kappa shape index (κ1) is 25.4. The van der Waals surface area contributed by atoms with E-state index in [1.54, 1.807) is 24.3 Å². The smallest absolute Gasteiger partial charge is 0.339 e. The van der Waals surface area contributed by atoms with E-state index in [-0.39, 0.29) is 31.9 Å². The molecule has 8 nitrogen and oxygen atoms in total. The van der Waals surface area contributed by atoms with Gasteiger partial charge in [0.05, 0.1) is 10.7 Å². The average Bonchev–Trinajstić information content (AvgIpc) is 2.81. The Morgan fingerprint density at radius 3 is 2.28 bits per heavy atom. The lowest BCUT2D eigenvalue weighted by atomic mass is 10.0. The molecule has 1 N–H and O–H groups in total. The summed E-state index contributed by atoms with van der Waals surface area (Å²) in [5.41, 5.74) is 1.53. The predicted molar refractivity (Wildman–Crippen MR) is 136 cm³/mol. The SMILES string of the molecule is Cc1ccc(N2C(=O)NC(=O)/C(=C\c3cc(Cl)cc(Cl)c3OS(=O)(=O)c3ccccc3)C2=O)cc1C. The number of nitrogens with zero attached hydrogens (tertiary/aromatic N) is 1. The molecule has 1 fully saturated rings. The number of amides is 4. The van der Waals surface area contributed by atoms with Gasteiger partial charge >= 0.3 is 16.1 Å². The molecule has 0 spiro atoms. The fourth-order valence-corrected chi connectivity index (χ4v) is 5.02. The van der Waals surface area contributed by atoms with Crippen molar-refractivity contribution in [3.05, 3.63) is 93.0 Å². The van der Waals surface area contributed by atoms with Crippen molar-refractivity contribution in [2.24, 2.45) is 0 Å². The van der Waals surface area contributed by atoms with Crippen LogP contribution in [0.25, 0.3) is 6.08 Å². The van der Waals surface area contributed by atoms with E-state index >= 15 is 0 Å². The number of benzene rings is 3. The van der Waals surface area contributed by atoms with Gasteiger partial charge in [0.15, 0.2) is 5.75 Å². The Labute approximate surface area is 217 Å². The first-order valence-corrected chi connectivity index (χ1v) is 12.6. The molecule has 4 amide bonds. The minimum atomic E-state index is -4.32. The highest BCUT2D eigenvalue weighted by Crippen LogP contribution is 2.36. The highest BCUT2D eigenvalue weighted by atomic mass is 35.5. The summed E-state index contributed by atoms with van der Waals surface area (Å²) in [5.74, 6) is -2.23. The zero-order valence-corrected chi connectivity index (χ0v) is 21.2. The summed E-state index contributed by atoms with van der Waals surface area (Å²) in [7, 11) is -4.32. The Morgan fingerprint density at radius 1 is 0.917 bits per heavy atom. The van der Waals surface area contributed by atoms with Crippen molar-refractivity contribution in [1.82, 2.24) is 5.32 Å². The lowest BCUT2D eigenvalue weighted by molar-refractivity contribution is -0.122. The molecule has 0 unspecified atom stereocenters. The van der Waals surface area contributed by atoms with Crippen LogP contribution in [0.1, 0.15) is 16.7 Å². The van der Waals surface area contributed by atoms with E-state index in [0.717, 1.165) is 22.1 Å². The second-order valence-corrected chi connectivity index (χ2v) is 10.3. The molecule has 1 aliphatic heterocycles. The molecule has 11 heteroatoms. The third-order valence-electron chi connectivity index (χ3n) is 5.41. The van der Waals surface area contributed by atoms with Crippen LogP contribution in [0.4, 0.5) is 10.5 Å². The average molecular weight is 545 g/mol. The molecule has 0 atom stereocenters. The molecule has 3 aromatic rings. The van der Waals surface area contributed by atoms with Crippen molar-refractivity contribution in [3.63, 3.8) is 0 Å². The fraction of sp³-hybridized carbons (Fsp3) is 0.0800. The number of carbonyl (C=O) groups excluding carboxylic acids is 3. The highest BCUT2D eigenvalue weighted by Gasteiger charge is 2.37. The van der Waals surface area contributed by atoms with Gasteiger partial charge in [-0.1, -0.05) is 47.5 Å². The number of halogens is 2. The van der Waals surface area contributed by atoms with E-state index in [4.69, 9.17) is 27.4 Å². The first-order chi connectivity index (χ1) is 17.0. The highest BCUT2D eigenvalue weighted by molar-refractivity contribution is 7.87. The summed E-state index contributed by atoms with van der Waals surface area (Å²) in [5, 5.41) is 2.05. The molecule has 3 aromatic carbocycles. The zero-order chi connectivity index (χ0) is 26.2. The summed E-state index contributed by atoms with van der Waals surface area (Å²) in [6, 6.07) is 13.9. The van der Waals surface area contributed by atoms with Crippen LogP contribution in [0.5, 0.6) is 5.75 Å². The predicted octanol–water partition coefficient (Wildman–Crippen LogP) is 5.04. The Kier molecular flexibility index (Phi) is 6.90. The summed E-state index contributed by atoms with van der Waals surface area (Å²) < 4.78 is 30.9. The van der Waals surface area contributed by atoms with E-state index in [9.17, 15) is 22.8 Å². The van der Waals surface area contributed by atoms with E-state index in [1.165, 1.54) is 36.4 Å². The van der Waals surface area contributed by atoms with Crippen molar-refractivity contribution < 1.29 is 27.0 Å². The van der Waals surface area contributed by atoms with Crippen LogP contribution < -0.4 is 14.4 Å². The molecular weight excluding hydrogens is 527 g/mol. The standard InChI is InChI=1S/C25H18Cl2N2O6S/c1-14-8-9-18(10-15(14)2)29-24(31)20(23(30)28-25(29)32)12-16-11-17(26)13-21(27)22(16)35-36(33,34)19-6-4-3-5-7-19/h3-13H,1-2H3,(H,28,30,32)/b20-12+. The molecule has 0 aliphatic carbocycles. The van der Waals surface area contributed by atoms with Crippen molar-refractivity contribution >= 4 is 62.9 Å². The minimum absolute atomic E-state index is 0.0557. The maximum Gasteiger partial charge on any atom is 0.339 e. The van der Waals surface area contributed by atoms with Gasteiger partial charge in [-0.2, -0.15) is 8.42 Å². The van der Waals surface area contributed by atoms with Crippen LogP contribution in [0.15, 0.2) is 71.1 Å².